The lowest BCUT2D eigenvalue weighted by Gasteiger charge is -2.09. The van der Waals surface area contributed by atoms with Crippen molar-refractivity contribution < 1.29 is 19.0 Å². The molecule has 0 radical (unpaired) electrons. The predicted molar refractivity (Wildman–Crippen MR) is 94.1 cm³/mol. The Morgan fingerprint density at radius 1 is 1.04 bits per heavy atom. The van der Waals surface area contributed by atoms with Gasteiger partial charge < -0.3 is 14.2 Å². The minimum absolute atomic E-state index is 0.0209. The molecule has 24 heavy (non-hydrogen) atoms. The van der Waals surface area contributed by atoms with Crippen LogP contribution in [-0.4, -0.2) is 26.3 Å². The molecular weight excluding hydrogens is 304 g/mol. The van der Waals surface area contributed by atoms with E-state index in [9.17, 15) is 4.79 Å². The number of carbonyl (C=O) groups excluding carboxylic acids is 1. The summed E-state index contributed by atoms with van der Waals surface area (Å²) in [4.78, 5) is 11.4. The molecule has 1 atom stereocenters. The monoisotopic (exact) mass is 326 g/mol. The molecule has 1 unspecified atom stereocenters. The summed E-state index contributed by atoms with van der Waals surface area (Å²) >= 11 is 0. The zero-order valence-corrected chi connectivity index (χ0v) is 14.2. The third kappa shape index (κ3) is 5.25. The Bertz CT molecular complexity index is 672. The zero-order valence-electron chi connectivity index (χ0n) is 14.2. The average molecular weight is 326 g/mol. The molecule has 0 aliphatic rings. The molecule has 4 heteroatoms. The van der Waals surface area contributed by atoms with Crippen LogP contribution in [0.4, 0.5) is 0 Å². The highest BCUT2D eigenvalue weighted by molar-refractivity contribution is 5.89. The molecule has 126 valence electrons. The van der Waals surface area contributed by atoms with Gasteiger partial charge in [0.2, 0.25) is 0 Å². The van der Waals surface area contributed by atoms with Crippen molar-refractivity contribution in [3.8, 4) is 5.75 Å². The van der Waals surface area contributed by atoms with Crippen LogP contribution in [0.3, 0.4) is 0 Å². The van der Waals surface area contributed by atoms with Gasteiger partial charge in [0.1, 0.15) is 5.75 Å². The van der Waals surface area contributed by atoms with Crippen molar-refractivity contribution in [2.75, 3.05) is 14.2 Å². The van der Waals surface area contributed by atoms with E-state index < -0.39 is 0 Å². The van der Waals surface area contributed by atoms with Gasteiger partial charge in [-0.25, -0.2) is 4.79 Å². The topological polar surface area (TPSA) is 44.8 Å². The summed E-state index contributed by atoms with van der Waals surface area (Å²) in [6.45, 7) is 2.47. The molecule has 0 N–H and O–H groups in total. The number of esters is 1. The maximum absolute atomic E-state index is 11.4. The van der Waals surface area contributed by atoms with Gasteiger partial charge >= 0.3 is 5.97 Å². The quantitative estimate of drug-likeness (QED) is 0.719. The average Bonchev–Trinajstić information content (AvgIpc) is 2.64. The fraction of sp³-hybridized carbons (Fsp3) is 0.250. The maximum atomic E-state index is 11.4. The van der Waals surface area contributed by atoms with Crippen LogP contribution >= 0.6 is 0 Å². The van der Waals surface area contributed by atoms with Gasteiger partial charge in [0.25, 0.3) is 0 Å². The number of hydrogen-bond acceptors (Lipinski definition) is 4. The Morgan fingerprint density at radius 3 is 2.29 bits per heavy atom. The highest BCUT2D eigenvalue weighted by atomic mass is 16.5. The first kappa shape index (κ1) is 17.8. The van der Waals surface area contributed by atoms with Crippen LogP contribution in [0.1, 0.15) is 28.4 Å². The molecule has 0 spiro atoms. The lowest BCUT2D eigenvalue weighted by atomic mass is 10.1. The van der Waals surface area contributed by atoms with Crippen LogP contribution in [0.15, 0.2) is 54.6 Å². The van der Waals surface area contributed by atoms with Gasteiger partial charge in [-0.2, -0.15) is 0 Å². The summed E-state index contributed by atoms with van der Waals surface area (Å²) in [5, 5.41) is 0. The summed E-state index contributed by atoms with van der Waals surface area (Å²) in [6, 6.07) is 15.0. The van der Waals surface area contributed by atoms with Gasteiger partial charge in [-0.3, -0.25) is 0 Å². The van der Waals surface area contributed by atoms with E-state index in [1.165, 1.54) is 7.11 Å². The SMILES string of the molecule is COC(=O)c1ccc(COC(C)/C=C/c2ccc(OC)cc2)cc1. The minimum Gasteiger partial charge on any atom is -0.497 e. The van der Waals surface area contributed by atoms with E-state index in [-0.39, 0.29) is 12.1 Å². The molecule has 2 aromatic rings. The van der Waals surface area contributed by atoms with Crippen molar-refractivity contribution in [3.05, 3.63) is 71.3 Å². The summed E-state index contributed by atoms with van der Waals surface area (Å²) < 4.78 is 15.6. The molecule has 0 heterocycles. The van der Waals surface area contributed by atoms with Gasteiger partial charge in [0.15, 0.2) is 0 Å². The van der Waals surface area contributed by atoms with E-state index in [0.717, 1.165) is 16.9 Å². The minimum atomic E-state index is -0.335. The summed E-state index contributed by atoms with van der Waals surface area (Å²) in [7, 11) is 3.02. The smallest absolute Gasteiger partial charge is 0.337 e. The first-order valence-electron chi connectivity index (χ1n) is 7.73. The van der Waals surface area contributed by atoms with E-state index in [1.54, 1.807) is 19.2 Å². The second kappa shape index (κ2) is 8.89. The van der Waals surface area contributed by atoms with E-state index >= 15 is 0 Å². The molecule has 0 bridgehead atoms. The molecular formula is C20H22O4. The summed E-state index contributed by atoms with van der Waals surface area (Å²) in [5.74, 6) is 0.505. The van der Waals surface area contributed by atoms with Crippen molar-refractivity contribution in [3.63, 3.8) is 0 Å². The Morgan fingerprint density at radius 2 is 1.71 bits per heavy atom. The van der Waals surface area contributed by atoms with Gasteiger partial charge in [-0.1, -0.05) is 36.4 Å². The fourth-order valence-corrected chi connectivity index (χ4v) is 2.10. The van der Waals surface area contributed by atoms with Crippen molar-refractivity contribution >= 4 is 12.0 Å². The van der Waals surface area contributed by atoms with Crippen molar-refractivity contribution in [2.45, 2.75) is 19.6 Å². The summed E-state index contributed by atoms with van der Waals surface area (Å²) in [5.41, 5.74) is 2.63. The largest absolute Gasteiger partial charge is 0.497 e. The molecule has 0 amide bonds. The van der Waals surface area contributed by atoms with Crippen LogP contribution in [0.5, 0.6) is 5.75 Å². The molecule has 0 saturated carbocycles. The molecule has 2 rings (SSSR count). The number of methoxy groups -OCH3 is 2. The molecule has 0 saturated heterocycles. The number of benzene rings is 2. The molecule has 0 aliphatic heterocycles. The van der Waals surface area contributed by atoms with Crippen LogP contribution in [0.2, 0.25) is 0 Å². The molecule has 0 aromatic heterocycles. The molecule has 0 fully saturated rings. The van der Waals surface area contributed by atoms with Crippen molar-refractivity contribution in [1.82, 2.24) is 0 Å². The number of carbonyl (C=O) groups is 1. The number of rotatable bonds is 7. The number of hydrogen-bond donors (Lipinski definition) is 0. The van der Waals surface area contributed by atoms with E-state index in [4.69, 9.17) is 9.47 Å². The van der Waals surface area contributed by atoms with Crippen molar-refractivity contribution in [2.24, 2.45) is 0 Å². The second-order valence-electron chi connectivity index (χ2n) is 5.34. The Hall–Kier alpha value is -2.59. The first-order chi connectivity index (χ1) is 11.6. The van der Waals surface area contributed by atoms with Crippen LogP contribution < -0.4 is 4.74 Å². The molecule has 4 nitrogen and oxygen atoms in total. The third-order valence-electron chi connectivity index (χ3n) is 3.56. The van der Waals surface area contributed by atoms with Gasteiger partial charge in [-0.15, -0.1) is 0 Å². The van der Waals surface area contributed by atoms with Crippen LogP contribution in [-0.2, 0) is 16.1 Å². The van der Waals surface area contributed by atoms with Gasteiger partial charge in [0, 0.05) is 0 Å². The second-order valence-corrected chi connectivity index (χ2v) is 5.34. The normalized spacial score (nSPS) is 12.1. The standard InChI is InChI=1S/C20H22O4/c1-15(4-5-16-8-12-19(22-2)13-9-16)24-14-17-6-10-18(11-7-17)20(21)23-3/h4-13,15H,14H2,1-3H3/b5-4+. The maximum Gasteiger partial charge on any atom is 0.337 e. The Labute approximate surface area is 142 Å². The van der Waals surface area contributed by atoms with Crippen LogP contribution in [0.25, 0.3) is 6.08 Å². The lowest BCUT2D eigenvalue weighted by molar-refractivity contribution is 0.0600. The van der Waals surface area contributed by atoms with E-state index in [0.29, 0.717) is 12.2 Å². The first-order valence-corrected chi connectivity index (χ1v) is 7.73. The summed E-state index contributed by atoms with van der Waals surface area (Å²) in [6.07, 6.45) is 4.00. The van der Waals surface area contributed by atoms with Crippen LogP contribution in [0, 0.1) is 0 Å². The molecule has 0 aliphatic carbocycles. The van der Waals surface area contributed by atoms with Gasteiger partial charge in [0.05, 0.1) is 32.5 Å². The fourth-order valence-electron chi connectivity index (χ4n) is 2.10. The lowest BCUT2D eigenvalue weighted by Crippen LogP contribution is -2.05. The highest BCUT2D eigenvalue weighted by Gasteiger charge is 2.05. The number of ether oxygens (including phenoxy) is 3. The zero-order chi connectivity index (χ0) is 17.4. The Balaban J connectivity index is 1.84. The van der Waals surface area contributed by atoms with E-state index in [1.807, 2.05) is 55.5 Å². The predicted octanol–water partition coefficient (Wildman–Crippen LogP) is 4.10. The Kier molecular flexibility index (Phi) is 6.58. The molecule has 2 aromatic carbocycles. The highest BCUT2D eigenvalue weighted by Crippen LogP contribution is 2.13. The van der Waals surface area contributed by atoms with Crippen molar-refractivity contribution in [1.29, 1.82) is 0 Å². The van der Waals surface area contributed by atoms with E-state index in [2.05, 4.69) is 4.74 Å². The third-order valence-corrected chi connectivity index (χ3v) is 3.56. The van der Waals surface area contributed by atoms with Gasteiger partial charge in [-0.05, 0) is 42.3 Å².